The molecule has 0 spiro atoms. The van der Waals surface area contributed by atoms with E-state index in [1.54, 1.807) is 18.2 Å². The van der Waals surface area contributed by atoms with Crippen molar-refractivity contribution in [2.45, 2.75) is 37.9 Å². The van der Waals surface area contributed by atoms with E-state index in [-0.39, 0.29) is 31.4 Å². The standard InChI is InChI=1S/C25H20ClF3N4O5/c26-17-10-13(4-6-16(17)25(27,28)29)5-8-20(34)31-15-3-1-2-14(11-15)30-18-12-22(36)33(24(18)38)19-7-9-21(35)32-23(19)37/h1-4,6,10-12,19,30H,5,7-9H2,(H,31,34)(H,32,35,37). The molecule has 198 valence electrons. The number of hydrogen-bond acceptors (Lipinski definition) is 6. The predicted molar refractivity (Wildman–Crippen MR) is 130 cm³/mol. The molecule has 0 bridgehead atoms. The van der Waals surface area contributed by atoms with E-state index >= 15 is 0 Å². The van der Waals surface area contributed by atoms with Gasteiger partial charge in [0.25, 0.3) is 11.8 Å². The van der Waals surface area contributed by atoms with Crippen molar-refractivity contribution in [2.24, 2.45) is 0 Å². The molecular formula is C25H20ClF3N4O5. The Labute approximate surface area is 219 Å². The number of benzene rings is 2. The lowest BCUT2D eigenvalue weighted by Gasteiger charge is -2.28. The summed E-state index contributed by atoms with van der Waals surface area (Å²) in [5.41, 5.74) is 0.169. The van der Waals surface area contributed by atoms with Gasteiger partial charge in [0.1, 0.15) is 11.7 Å². The number of aryl methyl sites for hydroxylation is 1. The molecule has 1 atom stereocenters. The number of alkyl halides is 3. The van der Waals surface area contributed by atoms with Crippen LogP contribution in [0.2, 0.25) is 5.02 Å². The Morgan fingerprint density at radius 3 is 2.50 bits per heavy atom. The van der Waals surface area contributed by atoms with E-state index in [1.807, 2.05) is 0 Å². The van der Waals surface area contributed by atoms with Crippen molar-refractivity contribution in [1.29, 1.82) is 0 Å². The van der Waals surface area contributed by atoms with E-state index in [2.05, 4.69) is 16.0 Å². The molecule has 1 saturated heterocycles. The highest BCUT2D eigenvalue weighted by atomic mass is 35.5. The number of carbonyl (C=O) groups is 5. The number of hydrogen-bond donors (Lipinski definition) is 3. The maximum absolute atomic E-state index is 12.8. The summed E-state index contributed by atoms with van der Waals surface area (Å²) in [6.07, 6.45) is -3.36. The van der Waals surface area contributed by atoms with Crippen LogP contribution in [0.15, 0.2) is 54.2 Å². The Morgan fingerprint density at radius 1 is 1.08 bits per heavy atom. The van der Waals surface area contributed by atoms with Crippen LogP contribution in [-0.4, -0.2) is 40.5 Å². The minimum atomic E-state index is -4.57. The van der Waals surface area contributed by atoms with Gasteiger partial charge in [0.15, 0.2) is 0 Å². The number of halogens is 4. The van der Waals surface area contributed by atoms with Crippen LogP contribution in [0.4, 0.5) is 24.5 Å². The molecule has 9 nitrogen and oxygen atoms in total. The third-order valence-electron chi connectivity index (χ3n) is 5.88. The molecule has 0 radical (unpaired) electrons. The highest BCUT2D eigenvalue weighted by Gasteiger charge is 2.42. The van der Waals surface area contributed by atoms with Crippen LogP contribution in [0, 0.1) is 0 Å². The van der Waals surface area contributed by atoms with Gasteiger partial charge in [-0.1, -0.05) is 23.7 Å². The maximum atomic E-state index is 12.8. The molecule has 0 aliphatic carbocycles. The fourth-order valence-electron chi connectivity index (χ4n) is 4.05. The van der Waals surface area contributed by atoms with Crippen molar-refractivity contribution < 1.29 is 37.1 Å². The fourth-order valence-corrected chi connectivity index (χ4v) is 4.36. The quantitative estimate of drug-likeness (QED) is 0.456. The molecule has 2 aliphatic heterocycles. The van der Waals surface area contributed by atoms with Gasteiger partial charge in [0.05, 0.1) is 10.6 Å². The minimum Gasteiger partial charge on any atom is -0.351 e. The van der Waals surface area contributed by atoms with Gasteiger partial charge in [0.2, 0.25) is 17.7 Å². The van der Waals surface area contributed by atoms with Gasteiger partial charge in [-0.15, -0.1) is 0 Å². The van der Waals surface area contributed by atoms with Crippen LogP contribution in [0.1, 0.15) is 30.4 Å². The molecule has 0 aromatic heterocycles. The lowest BCUT2D eigenvalue weighted by molar-refractivity contribution is -0.149. The van der Waals surface area contributed by atoms with Crippen molar-refractivity contribution in [3.8, 4) is 0 Å². The van der Waals surface area contributed by atoms with Crippen molar-refractivity contribution in [3.63, 3.8) is 0 Å². The lowest BCUT2D eigenvalue weighted by atomic mass is 10.0. The first kappa shape index (κ1) is 26.9. The Balaban J connectivity index is 1.35. The zero-order valence-corrected chi connectivity index (χ0v) is 20.3. The lowest BCUT2D eigenvalue weighted by Crippen LogP contribution is -2.54. The van der Waals surface area contributed by atoms with E-state index in [0.717, 1.165) is 17.0 Å². The van der Waals surface area contributed by atoms with Gasteiger partial charge in [-0.05, 0) is 48.7 Å². The normalized spacial score (nSPS) is 17.8. The van der Waals surface area contributed by atoms with Crippen LogP contribution < -0.4 is 16.0 Å². The number of nitrogens with zero attached hydrogens (tertiary/aromatic N) is 1. The average molecular weight is 549 g/mol. The van der Waals surface area contributed by atoms with E-state index in [0.29, 0.717) is 16.9 Å². The van der Waals surface area contributed by atoms with E-state index in [4.69, 9.17) is 11.6 Å². The Kier molecular flexibility index (Phi) is 7.53. The summed E-state index contributed by atoms with van der Waals surface area (Å²) in [4.78, 5) is 61.9. The van der Waals surface area contributed by atoms with Gasteiger partial charge in [0, 0.05) is 30.3 Å². The van der Waals surface area contributed by atoms with Crippen LogP contribution >= 0.6 is 11.6 Å². The van der Waals surface area contributed by atoms with Crippen molar-refractivity contribution in [1.82, 2.24) is 10.2 Å². The third-order valence-corrected chi connectivity index (χ3v) is 6.19. The number of nitrogens with one attached hydrogen (secondary N) is 3. The smallest absolute Gasteiger partial charge is 0.351 e. The molecule has 2 aliphatic rings. The summed E-state index contributed by atoms with van der Waals surface area (Å²) in [7, 11) is 0. The second kappa shape index (κ2) is 10.7. The van der Waals surface area contributed by atoms with Gasteiger partial charge in [-0.25, -0.2) is 0 Å². The number of amides is 5. The van der Waals surface area contributed by atoms with E-state index < -0.39 is 52.3 Å². The molecule has 0 saturated carbocycles. The molecule has 5 amide bonds. The molecule has 2 aromatic carbocycles. The number of anilines is 2. The van der Waals surface area contributed by atoms with Crippen LogP contribution in [0.5, 0.6) is 0 Å². The molecule has 4 rings (SSSR count). The fraction of sp³-hybridized carbons (Fsp3) is 0.240. The molecular weight excluding hydrogens is 529 g/mol. The van der Waals surface area contributed by atoms with Gasteiger partial charge < -0.3 is 10.6 Å². The van der Waals surface area contributed by atoms with Crippen LogP contribution in [0.3, 0.4) is 0 Å². The topological polar surface area (TPSA) is 125 Å². The molecule has 2 heterocycles. The first-order valence-corrected chi connectivity index (χ1v) is 11.8. The second-order valence-electron chi connectivity index (χ2n) is 8.60. The van der Waals surface area contributed by atoms with Gasteiger partial charge in [-0.2, -0.15) is 13.2 Å². The minimum absolute atomic E-state index is 0.00385. The molecule has 13 heteroatoms. The molecule has 2 aromatic rings. The summed E-state index contributed by atoms with van der Waals surface area (Å²) in [6.45, 7) is 0. The van der Waals surface area contributed by atoms with Gasteiger partial charge in [-0.3, -0.25) is 34.2 Å². The second-order valence-corrected chi connectivity index (χ2v) is 9.01. The number of imide groups is 2. The molecule has 3 N–H and O–H groups in total. The predicted octanol–water partition coefficient (Wildman–Crippen LogP) is 3.40. The van der Waals surface area contributed by atoms with Crippen molar-refractivity contribution in [3.05, 3.63) is 70.4 Å². The first-order chi connectivity index (χ1) is 17.9. The zero-order chi connectivity index (χ0) is 27.6. The SMILES string of the molecule is O=C1CCC(N2C(=O)C=C(Nc3cccc(NC(=O)CCc4ccc(C(F)(F)F)c(Cl)c4)c3)C2=O)C(=O)N1. The third kappa shape index (κ3) is 6.02. The summed E-state index contributed by atoms with van der Waals surface area (Å²) in [5, 5.41) is 7.13. The van der Waals surface area contributed by atoms with Crippen LogP contribution in [-0.2, 0) is 36.6 Å². The number of piperidine rings is 1. The Hall–Kier alpha value is -4.19. The van der Waals surface area contributed by atoms with Crippen molar-refractivity contribution >= 4 is 52.5 Å². The van der Waals surface area contributed by atoms with Crippen molar-refractivity contribution in [2.75, 3.05) is 10.6 Å². The van der Waals surface area contributed by atoms with E-state index in [9.17, 15) is 37.1 Å². The maximum Gasteiger partial charge on any atom is 0.417 e. The molecule has 1 unspecified atom stereocenters. The number of rotatable bonds is 7. The zero-order valence-electron chi connectivity index (χ0n) is 19.5. The molecule has 1 fully saturated rings. The van der Waals surface area contributed by atoms with Crippen LogP contribution in [0.25, 0.3) is 0 Å². The summed E-state index contributed by atoms with van der Waals surface area (Å²) in [6, 6.07) is 8.50. The molecule has 38 heavy (non-hydrogen) atoms. The monoisotopic (exact) mass is 548 g/mol. The summed E-state index contributed by atoms with van der Waals surface area (Å²) in [5.74, 6) is -3.03. The highest BCUT2D eigenvalue weighted by Crippen LogP contribution is 2.35. The summed E-state index contributed by atoms with van der Waals surface area (Å²) < 4.78 is 38.5. The Morgan fingerprint density at radius 2 is 1.82 bits per heavy atom. The average Bonchev–Trinajstić information content (AvgIpc) is 3.10. The highest BCUT2D eigenvalue weighted by molar-refractivity contribution is 6.31. The van der Waals surface area contributed by atoms with Gasteiger partial charge >= 0.3 is 6.18 Å². The Bertz CT molecular complexity index is 1380. The first-order valence-electron chi connectivity index (χ1n) is 11.4. The van der Waals surface area contributed by atoms with E-state index in [1.165, 1.54) is 18.2 Å². The largest absolute Gasteiger partial charge is 0.417 e. The summed E-state index contributed by atoms with van der Waals surface area (Å²) >= 11 is 5.72. The number of carbonyl (C=O) groups excluding carboxylic acids is 5.